The molecule has 0 bridgehead atoms. The predicted octanol–water partition coefficient (Wildman–Crippen LogP) is 3.19. The number of rotatable bonds is 7. The number of amides is 3. The van der Waals surface area contributed by atoms with Crippen LogP contribution in [0.4, 0.5) is 10.5 Å². The second kappa shape index (κ2) is 9.39. The third-order valence-corrected chi connectivity index (χ3v) is 3.43. The highest BCUT2D eigenvalue weighted by molar-refractivity contribution is 9.10. The Morgan fingerprint density at radius 1 is 1.19 bits per heavy atom. The summed E-state index contributed by atoms with van der Waals surface area (Å²) in [5, 5.41) is 8.03. The van der Waals surface area contributed by atoms with Crippen molar-refractivity contribution in [1.82, 2.24) is 10.6 Å². The summed E-state index contributed by atoms with van der Waals surface area (Å²) in [5.41, 5.74) is 1.70. The third-order valence-electron chi connectivity index (χ3n) is 2.94. The van der Waals surface area contributed by atoms with Crippen LogP contribution in [0.5, 0.6) is 0 Å². The lowest BCUT2D eigenvalue weighted by molar-refractivity contribution is -0.115. The smallest absolute Gasteiger partial charge is 0.315 e. The molecular formula is C15H22BrN3O2. The van der Waals surface area contributed by atoms with Crippen LogP contribution in [0.2, 0.25) is 0 Å². The molecule has 0 aliphatic carbocycles. The van der Waals surface area contributed by atoms with Gasteiger partial charge in [0.2, 0.25) is 5.91 Å². The molecule has 5 nitrogen and oxygen atoms in total. The van der Waals surface area contributed by atoms with Crippen LogP contribution < -0.4 is 16.0 Å². The highest BCUT2D eigenvalue weighted by Crippen LogP contribution is 2.19. The van der Waals surface area contributed by atoms with Gasteiger partial charge in [-0.1, -0.05) is 35.7 Å². The van der Waals surface area contributed by atoms with Gasteiger partial charge in [-0.15, -0.1) is 0 Å². The maximum Gasteiger partial charge on any atom is 0.315 e. The van der Waals surface area contributed by atoms with E-state index in [2.05, 4.69) is 38.8 Å². The van der Waals surface area contributed by atoms with Crippen molar-refractivity contribution in [3.05, 3.63) is 28.2 Å². The zero-order valence-corrected chi connectivity index (χ0v) is 14.0. The van der Waals surface area contributed by atoms with Gasteiger partial charge in [-0.25, -0.2) is 4.79 Å². The van der Waals surface area contributed by atoms with Crippen LogP contribution in [0.15, 0.2) is 22.7 Å². The Labute approximate surface area is 134 Å². The van der Waals surface area contributed by atoms with E-state index in [0.717, 1.165) is 35.0 Å². The molecule has 116 valence electrons. The van der Waals surface area contributed by atoms with E-state index in [1.165, 1.54) is 0 Å². The van der Waals surface area contributed by atoms with E-state index in [0.29, 0.717) is 6.54 Å². The number of carbonyl (C=O) groups excluding carboxylic acids is 2. The lowest BCUT2D eigenvalue weighted by Gasteiger charge is -2.10. The second-order valence-electron chi connectivity index (χ2n) is 4.82. The van der Waals surface area contributed by atoms with E-state index < -0.39 is 0 Å². The van der Waals surface area contributed by atoms with E-state index in [1.807, 2.05) is 25.1 Å². The van der Waals surface area contributed by atoms with Gasteiger partial charge in [0.1, 0.15) is 0 Å². The minimum atomic E-state index is -0.311. The molecule has 0 aliphatic rings. The molecule has 0 radical (unpaired) electrons. The fourth-order valence-electron chi connectivity index (χ4n) is 1.76. The van der Waals surface area contributed by atoms with Crippen molar-refractivity contribution in [1.29, 1.82) is 0 Å². The monoisotopic (exact) mass is 355 g/mol. The summed E-state index contributed by atoms with van der Waals surface area (Å²) >= 11 is 3.37. The van der Waals surface area contributed by atoms with Crippen molar-refractivity contribution in [3.63, 3.8) is 0 Å². The first-order valence-corrected chi connectivity index (χ1v) is 7.90. The van der Waals surface area contributed by atoms with Crippen molar-refractivity contribution in [2.75, 3.05) is 18.4 Å². The minimum absolute atomic E-state index is 0.0465. The van der Waals surface area contributed by atoms with Gasteiger partial charge >= 0.3 is 6.03 Å². The number of aryl methyl sites for hydroxylation is 1. The largest absolute Gasteiger partial charge is 0.338 e. The Balaban J connectivity index is 2.29. The number of hydrogen-bond donors (Lipinski definition) is 3. The van der Waals surface area contributed by atoms with Gasteiger partial charge in [0.25, 0.3) is 0 Å². The third kappa shape index (κ3) is 7.13. The molecule has 0 heterocycles. The number of anilines is 1. The van der Waals surface area contributed by atoms with E-state index in [-0.39, 0.29) is 18.5 Å². The first-order chi connectivity index (χ1) is 10.0. The van der Waals surface area contributed by atoms with Gasteiger partial charge in [-0.2, -0.15) is 0 Å². The Kier molecular flexibility index (Phi) is 7.82. The number of hydrogen-bond acceptors (Lipinski definition) is 2. The average Bonchev–Trinajstić information content (AvgIpc) is 2.44. The van der Waals surface area contributed by atoms with Crippen molar-refractivity contribution in [2.24, 2.45) is 0 Å². The highest BCUT2D eigenvalue weighted by Gasteiger charge is 2.07. The quantitative estimate of drug-likeness (QED) is 0.657. The van der Waals surface area contributed by atoms with Crippen LogP contribution in [0, 0.1) is 6.92 Å². The lowest BCUT2D eigenvalue weighted by Crippen LogP contribution is -2.40. The number of benzene rings is 1. The van der Waals surface area contributed by atoms with Crippen LogP contribution >= 0.6 is 15.9 Å². The van der Waals surface area contributed by atoms with Gasteiger partial charge < -0.3 is 16.0 Å². The van der Waals surface area contributed by atoms with Crippen LogP contribution in [-0.2, 0) is 4.79 Å². The molecule has 0 fully saturated rings. The summed E-state index contributed by atoms with van der Waals surface area (Å²) in [6, 6.07) is 5.29. The molecular weight excluding hydrogens is 334 g/mol. The SMILES string of the molecule is CCCCCNC(=O)NCC(=O)Nc1ccc(Br)cc1C. The zero-order valence-electron chi connectivity index (χ0n) is 12.5. The number of unbranched alkanes of at least 4 members (excludes halogenated alkanes) is 2. The Hall–Kier alpha value is -1.56. The van der Waals surface area contributed by atoms with Crippen LogP contribution in [-0.4, -0.2) is 25.0 Å². The molecule has 3 N–H and O–H groups in total. The molecule has 1 aromatic rings. The maximum absolute atomic E-state index is 11.8. The topological polar surface area (TPSA) is 70.2 Å². The Bertz CT molecular complexity index is 492. The summed E-state index contributed by atoms with van der Waals surface area (Å²) in [7, 11) is 0. The molecule has 0 saturated carbocycles. The van der Waals surface area contributed by atoms with E-state index >= 15 is 0 Å². The normalized spacial score (nSPS) is 10.0. The van der Waals surface area contributed by atoms with Gasteiger partial charge in [-0.05, 0) is 37.1 Å². The Morgan fingerprint density at radius 2 is 1.95 bits per heavy atom. The molecule has 0 spiro atoms. The van der Waals surface area contributed by atoms with Gasteiger partial charge in [0, 0.05) is 16.7 Å². The molecule has 0 saturated heterocycles. The van der Waals surface area contributed by atoms with Crippen molar-refractivity contribution >= 4 is 33.6 Å². The summed E-state index contributed by atoms with van der Waals surface area (Å²) in [6.45, 7) is 4.60. The molecule has 6 heteroatoms. The van der Waals surface area contributed by atoms with Gasteiger partial charge in [-0.3, -0.25) is 4.79 Å². The molecule has 3 amide bonds. The molecule has 0 atom stereocenters. The van der Waals surface area contributed by atoms with Gasteiger partial charge in [0.15, 0.2) is 0 Å². The summed E-state index contributed by atoms with van der Waals surface area (Å²) in [6.07, 6.45) is 3.15. The zero-order chi connectivity index (χ0) is 15.7. The van der Waals surface area contributed by atoms with E-state index in [9.17, 15) is 9.59 Å². The second-order valence-corrected chi connectivity index (χ2v) is 5.74. The predicted molar refractivity (Wildman–Crippen MR) is 88.4 cm³/mol. The maximum atomic E-state index is 11.8. The highest BCUT2D eigenvalue weighted by atomic mass is 79.9. The summed E-state index contributed by atoms with van der Waals surface area (Å²) in [4.78, 5) is 23.2. The van der Waals surface area contributed by atoms with Crippen molar-refractivity contribution in [3.8, 4) is 0 Å². The standard InChI is InChI=1S/C15H22BrN3O2/c1-3-4-5-8-17-15(21)18-10-14(20)19-13-7-6-12(16)9-11(13)2/h6-7,9H,3-5,8,10H2,1-2H3,(H,19,20)(H2,17,18,21). The first kappa shape index (κ1) is 17.5. The Morgan fingerprint density at radius 3 is 2.62 bits per heavy atom. The molecule has 1 rings (SSSR count). The summed E-state index contributed by atoms with van der Waals surface area (Å²) in [5.74, 6) is -0.246. The molecule has 0 aromatic heterocycles. The molecule has 0 unspecified atom stereocenters. The van der Waals surface area contributed by atoms with Crippen LogP contribution in [0.3, 0.4) is 0 Å². The number of nitrogens with one attached hydrogen (secondary N) is 3. The van der Waals surface area contributed by atoms with Crippen LogP contribution in [0.25, 0.3) is 0 Å². The van der Waals surface area contributed by atoms with Crippen molar-refractivity contribution < 1.29 is 9.59 Å². The molecule has 0 aliphatic heterocycles. The lowest BCUT2D eigenvalue weighted by atomic mass is 10.2. The minimum Gasteiger partial charge on any atom is -0.338 e. The fraction of sp³-hybridized carbons (Fsp3) is 0.467. The van der Waals surface area contributed by atoms with Crippen molar-refractivity contribution in [2.45, 2.75) is 33.1 Å². The van der Waals surface area contributed by atoms with Gasteiger partial charge in [0.05, 0.1) is 6.54 Å². The molecule has 21 heavy (non-hydrogen) atoms. The van der Waals surface area contributed by atoms with E-state index in [4.69, 9.17) is 0 Å². The van der Waals surface area contributed by atoms with Crippen LogP contribution in [0.1, 0.15) is 31.7 Å². The molecule has 1 aromatic carbocycles. The van der Waals surface area contributed by atoms with E-state index in [1.54, 1.807) is 0 Å². The number of carbonyl (C=O) groups is 2. The first-order valence-electron chi connectivity index (χ1n) is 7.10. The number of halogens is 1. The average molecular weight is 356 g/mol. The number of urea groups is 1. The summed E-state index contributed by atoms with van der Waals surface area (Å²) < 4.78 is 0.961. The fourth-order valence-corrected chi connectivity index (χ4v) is 2.24.